The molecule has 0 atom stereocenters. The minimum Gasteiger partial charge on any atom is -0.481 e. The lowest BCUT2D eigenvalue weighted by Gasteiger charge is -2.12. The van der Waals surface area contributed by atoms with Crippen LogP contribution in [0.4, 0.5) is 0 Å². The molecule has 2 aromatic carbocycles. The van der Waals surface area contributed by atoms with E-state index in [0.29, 0.717) is 11.4 Å². The van der Waals surface area contributed by atoms with Gasteiger partial charge in [0.25, 0.3) is 0 Å². The van der Waals surface area contributed by atoms with Gasteiger partial charge >= 0.3 is 0 Å². The first-order chi connectivity index (χ1) is 14.3. The first-order valence-corrected chi connectivity index (χ1v) is 11.7. The molecular formula is C23H30IN3O3S. The number of nitrogens with zero attached hydrogens (tertiary/aromatic N) is 1. The van der Waals surface area contributed by atoms with E-state index >= 15 is 0 Å². The third-order valence-corrected chi connectivity index (χ3v) is 5.61. The Hall–Kier alpha value is -2.25. The smallest absolute Gasteiger partial charge is 0.191 e. The van der Waals surface area contributed by atoms with E-state index in [1.54, 1.807) is 19.1 Å². The molecule has 0 saturated carbocycles. The average Bonchev–Trinajstić information content (AvgIpc) is 2.70. The van der Waals surface area contributed by atoms with Crippen LogP contribution in [0.1, 0.15) is 23.6 Å². The molecule has 0 aliphatic rings. The fourth-order valence-electron chi connectivity index (χ4n) is 2.94. The van der Waals surface area contributed by atoms with E-state index in [-0.39, 0.29) is 30.6 Å². The van der Waals surface area contributed by atoms with Gasteiger partial charge in [0, 0.05) is 19.3 Å². The summed E-state index contributed by atoms with van der Waals surface area (Å²) in [4.78, 5) is 4.96. The van der Waals surface area contributed by atoms with Crippen molar-refractivity contribution in [2.75, 3.05) is 26.0 Å². The quantitative estimate of drug-likeness (QED) is 0.215. The molecule has 0 unspecified atom stereocenters. The molecule has 0 aliphatic carbocycles. The summed E-state index contributed by atoms with van der Waals surface area (Å²) >= 11 is 0. The van der Waals surface area contributed by atoms with Crippen LogP contribution in [0.5, 0.6) is 5.75 Å². The van der Waals surface area contributed by atoms with Crippen LogP contribution in [0.25, 0.3) is 0 Å². The van der Waals surface area contributed by atoms with Crippen LogP contribution in [-0.2, 0) is 22.8 Å². The van der Waals surface area contributed by atoms with Gasteiger partial charge in [-0.3, -0.25) is 0 Å². The van der Waals surface area contributed by atoms with E-state index in [1.165, 1.54) is 11.8 Å². The number of guanidine groups is 1. The molecule has 0 aliphatic heterocycles. The highest BCUT2D eigenvalue weighted by Crippen LogP contribution is 2.17. The highest BCUT2D eigenvalue weighted by atomic mass is 127. The predicted octanol–water partition coefficient (Wildman–Crippen LogP) is 3.33. The SMILES string of the molecule is C#CCOc1ccc(CCNC(=NCc2ccc(S(C)(=O)=O)c(C)c2)NCC)cc1.I. The molecule has 0 amide bonds. The van der Waals surface area contributed by atoms with Gasteiger partial charge < -0.3 is 15.4 Å². The summed E-state index contributed by atoms with van der Waals surface area (Å²) in [6, 6.07) is 13.2. The molecule has 0 bridgehead atoms. The largest absolute Gasteiger partial charge is 0.481 e. The molecule has 2 N–H and O–H groups in total. The zero-order chi connectivity index (χ0) is 22.0. The summed E-state index contributed by atoms with van der Waals surface area (Å²) in [5.41, 5.74) is 2.87. The molecule has 0 fully saturated rings. The molecule has 8 heteroatoms. The highest BCUT2D eigenvalue weighted by molar-refractivity contribution is 14.0. The molecule has 0 heterocycles. The van der Waals surface area contributed by atoms with E-state index in [0.717, 1.165) is 42.3 Å². The van der Waals surface area contributed by atoms with E-state index in [1.807, 2.05) is 37.3 Å². The van der Waals surface area contributed by atoms with Crippen LogP contribution in [0.3, 0.4) is 0 Å². The number of aliphatic imine (C=N–C) groups is 1. The van der Waals surface area contributed by atoms with Crippen molar-refractivity contribution in [2.45, 2.75) is 31.7 Å². The zero-order valence-corrected chi connectivity index (χ0v) is 21.3. The van der Waals surface area contributed by atoms with Crippen molar-refractivity contribution in [1.82, 2.24) is 10.6 Å². The normalized spacial score (nSPS) is 11.2. The second-order valence-electron chi connectivity index (χ2n) is 6.88. The Morgan fingerprint density at radius 2 is 1.81 bits per heavy atom. The monoisotopic (exact) mass is 555 g/mol. The molecular weight excluding hydrogens is 525 g/mol. The van der Waals surface area contributed by atoms with Crippen LogP contribution in [0.15, 0.2) is 52.4 Å². The van der Waals surface area contributed by atoms with Crippen LogP contribution in [-0.4, -0.2) is 40.3 Å². The number of nitrogens with one attached hydrogen (secondary N) is 2. The van der Waals surface area contributed by atoms with Crippen molar-refractivity contribution in [3.05, 3.63) is 59.2 Å². The Morgan fingerprint density at radius 3 is 2.39 bits per heavy atom. The first-order valence-electron chi connectivity index (χ1n) is 9.80. The van der Waals surface area contributed by atoms with Gasteiger partial charge in [0.1, 0.15) is 12.4 Å². The Morgan fingerprint density at radius 1 is 1.13 bits per heavy atom. The topological polar surface area (TPSA) is 79.8 Å². The van der Waals surface area contributed by atoms with Crippen LogP contribution < -0.4 is 15.4 Å². The molecule has 0 spiro atoms. The van der Waals surface area contributed by atoms with Gasteiger partial charge in [-0.2, -0.15) is 0 Å². The van der Waals surface area contributed by atoms with Crippen molar-refractivity contribution in [1.29, 1.82) is 0 Å². The van der Waals surface area contributed by atoms with Crippen LogP contribution in [0.2, 0.25) is 0 Å². The molecule has 0 aromatic heterocycles. The van der Waals surface area contributed by atoms with E-state index in [9.17, 15) is 8.42 Å². The fourth-order valence-corrected chi connectivity index (χ4v) is 3.90. The summed E-state index contributed by atoms with van der Waals surface area (Å²) < 4.78 is 28.9. The van der Waals surface area contributed by atoms with Crippen LogP contribution in [0, 0.1) is 19.3 Å². The number of ether oxygens (including phenoxy) is 1. The van der Waals surface area contributed by atoms with E-state index < -0.39 is 9.84 Å². The molecule has 2 rings (SSSR count). The number of rotatable bonds is 9. The average molecular weight is 555 g/mol. The third-order valence-electron chi connectivity index (χ3n) is 4.35. The number of halogens is 1. The third kappa shape index (κ3) is 9.19. The summed E-state index contributed by atoms with van der Waals surface area (Å²) in [5, 5.41) is 6.55. The number of hydrogen-bond donors (Lipinski definition) is 2. The van der Waals surface area contributed by atoms with Gasteiger partial charge in [-0.15, -0.1) is 30.4 Å². The fraction of sp³-hybridized carbons (Fsp3) is 0.348. The Balaban J connectivity index is 0.00000480. The Labute approximate surface area is 202 Å². The molecule has 0 saturated heterocycles. The first kappa shape index (κ1) is 26.8. The van der Waals surface area contributed by atoms with Gasteiger partial charge in [-0.1, -0.05) is 30.2 Å². The van der Waals surface area contributed by atoms with Crippen molar-refractivity contribution in [2.24, 2.45) is 4.99 Å². The lowest BCUT2D eigenvalue weighted by molar-refractivity contribution is 0.370. The molecule has 2 aromatic rings. The van der Waals surface area contributed by atoms with Crippen molar-refractivity contribution >= 4 is 39.8 Å². The van der Waals surface area contributed by atoms with Crippen molar-refractivity contribution in [3.8, 4) is 18.1 Å². The summed E-state index contributed by atoms with van der Waals surface area (Å²) in [5.74, 6) is 3.93. The molecule has 6 nitrogen and oxygen atoms in total. The lowest BCUT2D eigenvalue weighted by atomic mass is 10.1. The number of sulfone groups is 1. The zero-order valence-electron chi connectivity index (χ0n) is 18.1. The van der Waals surface area contributed by atoms with Crippen LogP contribution >= 0.6 is 24.0 Å². The highest BCUT2D eigenvalue weighted by Gasteiger charge is 2.10. The second kappa shape index (κ2) is 13.2. The van der Waals surface area contributed by atoms with Gasteiger partial charge in [0.15, 0.2) is 15.8 Å². The van der Waals surface area contributed by atoms with Gasteiger partial charge in [0.2, 0.25) is 0 Å². The Kier molecular flexibility index (Phi) is 11.4. The second-order valence-corrected chi connectivity index (χ2v) is 8.86. The maximum absolute atomic E-state index is 11.8. The number of terminal acetylenes is 1. The van der Waals surface area contributed by atoms with Gasteiger partial charge in [-0.25, -0.2) is 13.4 Å². The van der Waals surface area contributed by atoms with E-state index in [2.05, 4.69) is 21.5 Å². The number of benzene rings is 2. The molecule has 0 radical (unpaired) electrons. The van der Waals surface area contributed by atoms with E-state index in [4.69, 9.17) is 11.2 Å². The number of aryl methyl sites for hydroxylation is 1. The predicted molar refractivity (Wildman–Crippen MR) is 137 cm³/mol. The minimum atomic E-state index is -3.21. The van der Waals surface area contributed by atoms with Crippen molar-refractivity contribution in [3.63, 3.8) is 0 Å². The minimum absolute atomic E-state index is 0. The number of hydrogen-bond acceptors (Lipinski definition) is 4. The van der Waals surface area contributed by atoms with Gasteiger partial charge in [-0.05, 0) is 55.2 Å². The maximum Gasteiger partial charge on any atom is 0.191 e. The summed E-state index contributed by atoms with van der Waals surface area (Å²) in [7, 11) is -3.21. The van der Waals surface area contributed by atoms with Crippen molar-refractivity contribution < 1.29 is 13.2 Å². The molecule has 168 valence electrons. The summed E-state index contributed by atoms with van der Waals surface area (Å²) in [6.45, 7) is 6.01. The Bertz CT molecular complexity index is 1010. The van der Waals surface area contributed by atoms with Gasteiger partial charge in [0.05, 0.1) is 11.4 Å². The molecule has 31 heavy (non-hydrogen) atoms. The maximum atomic E-state index is 11.8. The summed E-state index contributed by atoms with van der Waals surface area (Å²) in [6.07, 6.45) is 7.25. The lowest BCUT2D eigenvalue weighted by Crippen LogP contribution is -2.38. The standard InChI is InChI=1S/C23H29N3O3S.HI/c1-5-15-29-21-10-7-19(8-11-21)13-14-25-23(24-6-2)26-17-20-9-12-22(18(3)16-20)30(4,27)28;/h1,7-12,16H,6,13-15,17H2,2-4H3,(H2,24,25,26);1H.